The fraction of sp³-hybridized carbons (Fsp3) is 0.667. The fourth-order valence-corrected chi connectivity index (χ4v) is 1.77. The zero-order chi connectivity index (χ0) is 12.1. The maximum atomic E-state index is 11.5. The van der Waals surface area contributed by atoms with Gasteiger partial charge in [-0.25, -0.2) is 9.78 Å². The number of hydrogen-bond donors (Lipinski definition) is 0. The van der Waals surface area contributed by atoms with E-state index in [4.69, 9.17) is 4.74 Å². The number of rotatable bonds is 5. The van der Waals surface area contributed by atoms with E-state index in [1.165, 1.54) is 7.11 Å². The SMILES string of the molecule is CCC(CC)Cn1c(C(=O)OC)cnc1C. The largest absolute Gasteiger partial charge is 0.464 e. The number of carbonyl (C=O) groups excluding carboxylic acids is 1. The number of carbonyl (C=O) groups is 1. The van der Waals surface area contributed by atoms with Gasteiger partial charge in [0.15, 0.2) is 0 Å². The number of imidazole rings is 1. The van der Waals surface area contributed by atoms with E-state index < -0.39 is 0 Å². The first-order chi connectivity index (χ1) is 7.63. The van der Waals surface area contributed by atoms with Gasteiger partial charge in [-0.15, -0.1) is 0 Å². The normalized spacial score (nSPS) is 10.8. The van der Waals surface area contributed by atoms with E-state index in [2.05, 4.69) is 18.8 Å². The average Bonchev–Trinajstić information content (AvgIpc) is 2.66. The van der Waals surface area contributed by atoms with Crippen LogP contribution < -0.4 is 0 Å². The highest BCUT2D eigenvalue weighted by atomic mass is 16.5. The first-order valence-electron chi connectivity index (χ1n) is 5.74. The molecule has 1 aromatic rings. The minimum Gasteiger partial charge on any atom is -0.464 e. The maximum absolute atomic E-state index is 11.5. The molecule has 1 aromatic heterocycles. The standard InChI is InChI=1S/C12H20N2O2/c1-5-10(6-2)8-14-9(3)13-7-11(14)12(15)16-4/h7,10H,5-6,8H2,1-4H3. The van der Waals surface area contributed by atoms with Crippen LogP contribution in [-0.4, -0.2) is 22.6 Å². The van der Waals surface area contributed by atoms with Gasteiger partial charge < -0.3 is 9.30 Å². The quantitative estimate of drug-likeness (QED) is 0.721. The van der Waals surface area contributed by atoms with Crippen molar-refractivity contribution >= 4 is 5.97 Å². The summed E-state index contributed by atoms with van der Waals surface area (Å²) in [5.74, 6) is 1.13. The van der Waals surface area contributed by atoms with Gasteiger partial charge in [0.25, 0.3) is 0 Å². The lowest BCUT2D eigenvalue weighted by Crippen LogP contribution is -2.16. The van der Waals surface area contributed by atoms with E-state index in [9.17, 15) is 4.79 Å². The van der Waals surface area contributed by atoms with Gasteiger partial charge in [-0.2, -0.15) is 0 Å². The van der Waals surface area contributed by atoms with Crippen LogP contribution in [0.15, 0.2) is 6.20 Å². The highest BCUT2D eigenvalue weighted by Gasteiger charge is 2.16. The fourth-order valence-electron chi connectivity index (χ4n) is 1.77. The number of ether oxygens (including phenoxy) is 1. The molecule has 0 spiro atoms. The van der Waals surface area contributed by atoms with Gasteiger partial charge in [-0.3, -0.25) is 0 Å². The molecule has 0 bridgehead atoms. The Morgan fingerprint density at radius 2 is 2.12 bits per heavy atom. The van der Waals surface area contributed by atoms with E-state index in [0.29, 0.717) is 11.6 Å². The van der Waals surface area contributed by atoms with Crippen molar-refractivity contribution in [2.45, 2.75) is 40.2 Å². The van der Waals surface area contributed by atoms with Crippen LogP contribution in [-0.2, 0) is 11.3 Å². The summed E-state index contributed by atoms with van der Waals surface area (Å²) in [5.41, 5.74) is 0.548. The van der Waals surface area contributed by atoms with Crippen molar-refractivity contribution in [1.82, 2.24) is 9.55 Å². The number of esters is 1. The van der Waals surface area contributed by atoms with Crippen molar-refractivity contribution in [3.05, 3.63) is 17.7 Å². The highest BCUT2D eigenvalue weighted by molar-refractivity contribution is 5.87. The number of hydrogen-bond acceptors (Lipinski definition) is 3. The summed E-state index contributed by atoms with van der Waals surface area (Å²) < 4.78 is 6.69. The molecule has 0 atom stereocenters. The molecule has 0 saturated heterocycles. The third-order valence-electron chi connectivity index (χ3n) is 3.05. The maximum Gasteiger partial charge on any atom is 0.356 e. The highest BCUT2D eigenvalue weighted by Crippen LogP contribution is 2.15. The Hall–Kier alpha value is -1.32. The third kappa shape index (κ3) is 2.62. The Morgan fingerprint density at radius 3 is 2.62 bits per heavy atom. The van der Waals surface area contributed by atoms with Crippen molar-refractivity contribution in [2.24, 2.45) is 5.92 Å². The summed E-state index contributed by atoms with van der Waals surface area (Å²) in [6, 6.07) is 0. The van der Waals surface area contributed by atoms with Crippen LogP contribution >= 0.6 is 0 Å². The summed E-state index contributed by atoms with van der Waals surface area (Å²) >= 11 is 0. The van der Waals surface area contributed by atoms with Gasteiger partial charge >= 0.3 is 5.97 Å². The summed E-state index contributed by atoms with van der Waals surface area (Å²) in [7, 11) is 1.39. The molecule has 0 unspecified atom stereocenters. The summed E-state index contributed by atoms with van der Waals surface area (Å²) in [6.45, 7) is 7.08. The Labute approximate surface area is 96.6 Å². The van der Waals surface area contributed by atoms with Gasteiger partial charge in [0.1, 0.15) is 11.5 Å². The average molecular weight is 224 g/mol. The van der Waals surface area contributed by atoms with Gasteiger partial charge in [0, 0.05) is 6.54 Å². The molecular formula is C12H20N2O2. The monoisotopic (exact) mass is 224 g/mol. The van der Waals surface area contributed by atoms with Gasteiger partial charge in [0.2, 0.25) is 0 Å². The molecule has 0 aliphatic carbocycles. The molecule has 4 heteroatoms. The Bertz CT molecular complexity index is 354. The smallest absolute Gasteiger partial charge is 0.356 e. The predicted octanol–water partition coefficient (Wildman–Crippen LogP) is 2.41. The lowest BCUT2D eigenvalue weighted by Gasteiger charge is -2.16. The molecule has 1 rings (SSSR count). The van der Waals surface area contributed by atoms with Crippen molar-refractivity contribution in [3.8, 4) is 0 Å². The summed E-state index contributed by atoms with van der Waals surface area (Å²) in [4.78, 5) is 15.7. The molecule has 0 N–H and O–H groups in total. The molecule has 0 fully saturated rings. The van der Waals surface area contributed by atoms with Crippen molar-refractivity contribution < 1.29 is 9.53 Å². The molecule has 0 aliphatic rings. The lowest BCUT2D eigenvalue weighted by atomic mass is 10.0. The Morgan fingerprint density at radius 1 is 1.50 bits per heavy atom. The summed E-state index contributed by atoms with van der Waals surface area (Å²) in [6.07, 6.45) is 3.80. The second kappa shape index (κ2) is 5.68. The first-order valence-corrected chi connectivity index (χ1v) is 5.74. The molecule has 4 nitrogen and oxygen atoms in total. The number of methoxy groups -OCH3 is 1. The van der Waals surface area contributed by atoms with Crippen molar-refractivity contribution in [3.63, 3.8) is 0 Å². The van der Waals surface area contributed by atoms with E-state index in [-0.39, 0.29) is 5.97 Å². The Kier molecular flexibility index (Phi) is 4.52. The minimum absolute atomic E-state index is 0.313. The van der Waals surface area contributed by atoms with Crippen LogP contribution in [0, 0.1) is 12.8 Å². The van der Waals surface area contributed by atoms with Crippen LogP contribution in [0.5, 0.6) is 0 Å². The molecule has 0 aliphatic heterocycles. The lowest BCUT2D eigenvalue weighted by molar-refractivity contribution is 0.0586. The molecule has 0 saturated carbocycles. The van der Waals surface area contributed by atoms with Crippen LogP contribution in [0.4, 0.5) is 0 Å². The van der Waals surface area contributed by atoms with E-state index in [0.717, 1.165) is 25.2 Å². The van der Waals surface area contributed by atoms with Crippen molar-refractivity contribution in [1.29, 1.82) is 0 Å². The van der Waals surface area contributed by atoms with Crippen LogP contribution in [0.2, 0.25) is 0 Å². The van der Waals surface area contributed by atoms with Crippen LogP contribution in [0.1, 0.15) is 43.0 Å². The topological polar surface area (TPSA) is 44.1 Å². The number of aryl methyl sites for hydroxylation is 1. The summed E-state index contributed by atoms with van der Waals surface area (Å²) in [5, 5.41) is 0. The molecule has 0 radical (unpaired) electrons. The van der Waals surface area contributed by atoms with Crippen LogP contribution in [0.25, 0.3) is 0 Å². The molecule has 1 heterocycles. The number of aromatic nitrogens is 2. The molecule has 0 aromatic carbocycles. The zero-order valence-corrected chi connectivity index (χ0v) is 10.5. The predicted molar refractivity (Wildman–Crippen MR) is 62.4 cm³/mol. The second-order valence-electron chi connectivity index (χ2n) is 3.98. The van der Waals surface area contributed by atoms with Gasteiger partial charge in [-0.05, 0) is 12.8 Å². The van der Waals surface area contributed by atoms with Gasteiger partial charge in [-0.1, -0.05) is 26.7 Å². The second-order valence-corrected chi connectivity index (χ2v) is 3.98. The third-order valence-corrected chi connectivity index (χ3v) is 3.05. The molecule has 90 valence electrons. The van der Waals surface area contributed by atoms with Crippen LogP contribution in [0.3, 0.4) is 0 Å². The Balaban J connectivity index is 2.93. The molecular weight excluding hydrogens is 204 g/mol. The van der Waals surface area contributed by atoms with E-state index >= 15 is 0 Å². The van der Waals surface area contributed by atoms with E-state index in [1.54, 1.807) is 6.20 Å². The zero-order valence-electron chi connectivity index (χ0n) is 10.5. The van der Waals surface area contributed by atoms with E-state index in [1.807, 2.05) is 11.5 Å². The molecule has 0 amide bonds. The minimum atomic E-state index is -0.313. The molecule has 16 heavy (non-hydrogen) atoms. The first kappa shape index (κ1) is 12.7. The number of nitrogens with zero attached hydrogens (tertiary/aromatic N) is 2. The van der Waals surface area contributed by atoms with Crippen molar-refractivity contribution in [2.75, 3.05) is 7.11 Å². The van der Waals surface area contributed by atoms with Gasteiger partial charge in [0.05, 0.1) is 13.3 Å².